The molecule has 0 fully saturated rings. The molecule has 21 heavy (non-hydrogen) atoms. The molecular weight excluding hydrogens is 312 g/mol. The number of aromatic hydroxyl groups is 1. The monoisotopic (exact) mass is 326 g/mol. The highest BCUT2D eigenvalue weighted by Crippen LogP contribution is 2.21. The Bertz CT molecular complexity index is 753. The van der Waals surface area contributed by atoms with Crippen LogP contribution in [-0.4, -0.2) is 26.5 Å². The van der Waals surface area contributed by atoms with Crippen molar-refractivity contribution in [2.75, 3.05) is 7.05 Å². The lowest BCUT2D eigenvalue weighted by molar-refractivity contribution is 0.0948. The van der Waals surface area contributed by atoms with Gasteiger partial charge >= 0.3 is 0 Å². The lowest BCUT2D eigenvalue weighted by Gasteiger charge is -2.05. The topological polar surface area (TPSA) is 95.5 Å². The van der Waals surface area contributed by atoms with Crippen LogP contribution >= 0.6 is 11.3 Å². The zero-order valence-electron chi connectivity index (χ0n) is 11.2. The number of para-hydroxylation sites is 1. The summed E-state index contributed by atoms with van der Waals surface area (Å²) in [6.45, 7) is 0.192. The Kier molecular flexibility index (Phi) is 4.61. The Morgan fingerprint density at radius 2 is 1.95 bits per heavy atom. The number of phenols is 1. The first-order valence-electron chi connectivity index (χ1n) is 6.02. The van der Waals surface area contributed by atoms with Gasteiger partial charge in [-0.3, -0.25) is 4.79 Å². The van der Waals surface area contributed by atoms with Gasteiger partial charge in [-0.2, -0.15) is 0 Å². The highest BCUT2D eigenvalue weighted by atomic mass is 32.2. The number of hydrogen-bond acceptors (Lipinski definition) is 5. The molecule has 0 aliphatic rings. The summed E-state index contributed by atoms with van der Waals surface area (Å²) in [5.74, 6) is -0.515. The van der Waals surface area contributed by atoms with E-state index in [2.05, 4.69) is 10.0 Å². The standard InChI is InChI=1S/C13H14N2O4S2/c1-14-21(18,19)12-7-6-9(20-12)8-15-13(17)10-4-2-3-5-11(10)16/h2-7,14,16H,8H2,1H3,(H,15,17). The number of nitrogens with one attached hydrogen (secondary N) is 2. The van der Waals surface area contributed by atoms with Crippen molar-refractivity contribution in [3.63, 3.8) is 0 Å². The summed E-state index contributed by atoms with van der Waals surface area (Å²) in [7, 11) is -2.12. The average molecular weight is 326 g/mol. The van der Waals surface area contributed by atoms with Crippen LogP contribution in [0.2, 0.25) is 0 Å². The number of benzene rings is 1. The molecule has 8 heteroatoms. The molecule has 2 aromatic rings. The van der Waals surface area contributed by atoms with Gasteiger partial charge in [0, 0.05) is 4.88 Å². The van der Waals surface area contributed by atoms with E-state index >= 15 is 0 Å². The van der Waals surface area contributed by atoms with E-state index in [0.717, 1.165) is 11.3 Å². The summed E-state index contributed by atoms with van der Waals surface area (Å²) >= 11 is 1.08. The second-order valence-electron chi connectivity index (χ2n) is 4.13. The largest absolute Gasteiger partial charge is 0.507 e. The quantitative estimate of drug-likeness (QED) is 0.771. The summed E-state index contributed by atoms with van der Waals surface area (Å²) in [5, 5.41) is 12.2. The van der Waals surface area contributed by atoms with E-state index in [-0.39, 0.29) is 22.1 Å². The van der Waals surface area contributed by atoms with E-state index in [4.69, 9.17) is 0 Å². The lowest BCUT2D eigenvalue weighted by Crippen LogP contribution is -2.22. The van der Waals surface area contributed by atoms with Crippen molar-refractivity contribution in [1.29, 1.82) is 0 Å². The number of sulfonamides is 1. The van der Waals surface area contributed by atoms with Crippen LogP contribution in [0.3, 0.4) is 0 Å². The molecule has 0 aliphatic heterocycles. The number of rotatable bonds is 5. The van der Waals surface area contributed by atoms with E-state index in [1.807, 2.05) is 0 Å². The smallest absolute Gasteiger partial charge is 0.255 e. The van der Waals surface area contributed by atoms with Crippen LogP contribution in [0.1, 0.15) is 15.2 Å². The first-order valence-corrected chi connectivity index (χ1v) is 8.32. The number of hydrogen-bond donors (Lipinski definition) is 3. The van der Waals surface area contributed by atoms with Crippen LogP contribution in [0.5, 0.6) is 5.75 Å². The van der Waals surface area contributed by atoms with Crippen molar-refractivity contribution in [3.05, 3.63) is 46.8 Å². The van der Waals surface area contributed by atoms with Crippen molar-refractivity contribution < 1.29 is 18.3 Å². The number of carbonyl (C=O) groups is 1. The first-order chi connectivity index (χ1) is 9.94. The molecule has 0 unspecified atom stereocenters. The van der Waals surface area contributed by atoms with E-state index in [1.165, 1.54) is 25.2 Å². The van der Waals surface area contributed by atoms with Gasteiger partial charge in [0.2, 0.25) is 10.0 Å². The van der Waals surface area contributed by atoms with E-state index in [0.29, 0.717) is 4.88 Å². The molecule has 1 aromatic carbocycles. The summed E-state index contributed by atoms with van der Waals surface area (Å²) in [6, 6.07) is 9.34. The number of amides is 1. The minimum absolute atomic E-state index is 0.0976. The van der Waals surface area contributed by atoms with E-state index in [1.54, 1.807) is 18.2 Å². The predicted octanol–water partition coefficient (Wildman–Crippen LogP) is 1.29. The van der Waals surface area contributed by atoms with Crippen LogP contribution in [0.25, 0.3) is 0 Å². The second-order valence-corrected chi connectivity index (χ2v) is 7.41. The maximum atomic E-state index is 11.9. The Hall–Kier alpha value is -1.90. The molecule has 0 radical (unpaired) electrons. The third-order valence-corrected chi connectivity index (χ3v) is 5.73. The molecule has 2 rings (SSSR count). The predicted molar refractivity (Wildman–Crippen MR) is 79.8 cm³/mol. The van der Waals surface area contributed by atoms with Gasteiger partial charge in [-0.05, 0) is 31.3 Å². The van der Waals surface area contributed by atoms with Gasteiger partial charge in [0.25, 0.3) is 5.91 Å². The zero-order chi connectivity index (χ0) is 15.5. The Labute approximate surface area is 126 Å². The third-order valence-electron chi connectivity index (χ3n) is 2.74. The molecule has 1 aromatic heterocycles. The summed E-state index contributed by atoms with van der Waals surface area (Å²) < 4.78 is 25.6. The molecule has 0 bridgehead atoms. The summed E-state index contributed by atoms with van der Waals surface area (Å²) in [5.41, 5.74) is 0.178. The maximum absolute atomic E-state index is 11.9. The van der Waals surface area contributed by atoms with Gasteiger partial charge in [-0.1, -0.05) is 12.1 Å². The molecule has 0 saturated heterocycles. The third kappa shape index (κ3) is 3.60. The van der Waals surface area contributed by atoms with Gasteiger partial charge in [0.15, 0.2) is 0 Å². The second kappa shape index (κ2) is 6.25. The Morgan fingerprint density at radius 3 is 2.62 bits per heavy atom. The van der Waals surface area contributed by atoms with Crippen LogP contribution in [0.4, 0.5) is 0 Å². The maximum Gasteiger partial charge on any atom is 0.255 e. The molecule has 112 valence electrons. The fourth-order valence-electron chi connectivity index (χ4n) is 1.63. The number of phenolic OH excluding ortho intramolecular Hbond substituents is 1. The number of thiophene rings is 1. The van der Waals surface area contributed by atoms with Crippen molar-refractivity contribution >= 4 is 27.3 Å². The summed E-state index contributed by atoms with van der Waals surface area (Å²) in [6.07, 6.45) is 0. The van der Waals surface area contributed by atoms with Crippen molar-refractivity contribution in [1.82, 2.24) is 10.0 Å². The van der Waals surface area contributed by atoms with E-state index < -0.39 is 15.9 Å². The van der Waals surface area contributed by atoms with E-state index in [9.17, 15) is 18.3 Å². The lowest BCUT2D eigenvalue weighted by atomic mass is 10.2. The van der Waals surface area contributed by atoms with Gasteiger partial charge in [0.05, 0.1) is 12.1 Å². The summed E-state index contributed by atoms with van der Waals surface area (Å²) in [4.78, 5) is 12.6. The fraction of sp³-hybridized carbons (Fsp3) is 0.154. The molecule has 0 aliphatic carbocycles. The van der Waals surface area contributed by atoms with Crippen LogP contribution < -0.4 is 10.0 Å². The van der Waals surface area contributed by atoms with Gasteiger partial charge < -0.3 is 10.4 Å². The molecular formula is C13H14N2O4S2. The minimum atomic E-state index is -3.46. The molecule has 0 atom stereocenters. The molecule has 0 saturated carbocycles. The number of carbonyl (C=O) groups excluding carboxylic acids is 1. The molecule has 3 N–H and O–H groups in total. The van der Waals surface area contributed by atoms with Crippen LogP contribution in [0.15, 0.2) is 40.6 Å². The van der Waals surface area contributed by atoms with Gasteiger partial charge in [0.1, 0.15) is 9.96 Å². The van der Waals surface area contributed by atoms with Gasteiger partial charge in [-0.15, -0.1) is 11.3 Å². The minimum Gasteiger partial charge on any atom is -0.507 e. The molecule has 1 amide bonds. The normalized spacial score (nSPS) is 11.3. The van der Waals surface area contributed by atoms with Crippen LogP contribution in [-0.2, 0) is 16.6 Å². The SMILES string of the molecule is CNS(=O)(=O)c1ccc(CNC(=O)c2ccccc2O)s1. The Balaban J connectivity index is 2.04. The average Bonchev–Trinajstić information content (AvgIpc) is 2.95. The van der Waals surface area contributed by atoms with Crippen molar-refractivity contribution in [2.45, 2.75) is 10.8 Å². The molecule has 1 heterocycles. The highest BCUT2D eigenvalue weighted by Gasteiger charge is 2.15. The fourth-order valence-corrected chi connectivity index (χ4v) is 3.76. The molecule has 6 nitrogen and oxygen atoms in total. The first kappa shape index (κ1) is 15.5. The zero-order valence-corrected chi connectivity index (χ0v) is 12.8. The van der Waals surface area contributed by atoms with Crippen molar-refractivity contribution in [2.24, 2.45) is 0 Å². The van der Waals surface area contributed by atoms with Gasteiger partial charge in [-0.25, -0.2) is 13.1 Å². The highest BCUT2D eigenvalue weighted by molar-refractivity contribution is 7.91. The van der Waals surface area contributed by atoms with Crippen molar-refractivity contribution in [3.8, 4) is 5.75 Å². The Morgan fingerprint density at radius 1 is 1.24 bits per heavy atom. The molecule has 0 spiro atoms. The van der Waals surface area contributed by atoms with Crippen LogP contribution in [0, 0.1) is 0 Å².